The van der Waals surface area contributed by atoms with Crippen molar-refractivity contribution >= 4 is 11.7 Å². The maximum atomic E-state index is 12.0. The summed E-state index contributed by atoms with van der Waals surface area (Å²) in [7, 11) is 0. The number of anilines is 1. The molecule has 2 amide bonds. The van der Waals surface area contributed by atoms with E-state index < -0.39 is 12.1 Å². The molecular formula is C19H27N3O3. The summed E-state index contributed by atoms with van der Waals surface area (Å²) in [5, 5.41) is 19.5. The van der Waals surface area contributed by atoms with E-state index in [0.29, 0.717) is 23.6 Å². The van der Waals surface area contributed by atoms with Crippen LogP contribution in [0.2, 0.25) is 0 Å². The second-order valence-corrected chi connectivity index (χ2v) is 7.14. The fourth-order valence-corrected chi connectivity index (χ4v) is 2.49. The number of urea groups is 1. The predicted octanol–water partition coefficient (Wildman–Crippen LogP) is 3.70. The van der Waals surface area contributed by atoms with Crippen molar-refractivity contribution in [2.75, 3.05) is 11.9 Å². The number of carbonyl (C=O) groups excluding carboxylic acids is 1. The van der Waals surface area contributed by atoms with E-state index in [0.717, 1.165) is 5.56 Å². The molecule has 0 aliphatic carbocycles. The normalized spacial score (nSPS) is 12.7. The Hall–Kier alpha value is -2.34. The fourth-order valence-electron chi connectivity index (χ4n) is 2.49. The monoisotopic (exact) mass is 345 g/mol. The second-order valence-electron chi connectivity index (χ2n) is 7.14. The molecule has 0 saturated heterocycles. The lowest BCUT2D eigenvalue weighted by atomic mass is 9.86. The third-order valence-electron chi connectivity index (χ3n) is 4.11. The van der Waals surface area contributed by atoms with E-state index >= 15 is 0 Å². The number of nitrogens with zero attached hydrogens (tertiary/aromatic N) is 1. The molecule has 3 N–H and O–H groups in total. The Morgan fingerprint density at radius 2 is 1.92 bits per heavy atom. The standard InChI is InChI=1S/C19H27N3O3/c1-6-16-17(12(2)22-25-16)21-18(24)20-11-15(23)13-7-9-14(10-8-13)19(3,4)5/h7-10,15,23H,6,11H2,1-5H3,(H2,20,21,24). The van der Waals surface area contributed by atoms with Gasteiger partial charge in [-0.05, 0) is 23.5 Å². The number of rotatable bonds is 5. The first kappa shape index (κ1) is 19.0. The lowest BCUT2D eigenvalue weighted by Crippen LogP contribution is -2.32. The minimum atomic E-state index is -0.769. The second kappa shape index (κ2) is 7.70. The molecule has 0 bridgehead atoms. The number of hydrogen-bond acceptors (Lipinski definition) is 4. The Balaban J connectivity index is 1.92. The van der Waals surface area contributed by atoms with Crippen molar-refractivity contribution < 1.29 is 14.4 Å². The molecule has 6 heteroatoms. The van der Waals surface area contributed by atoms with E-state index in [4.69, 9.17) is 4.52 Å². The van der Waals surface area contributed by atoms with Gasteiger partial charge in [0.2, 0.25) is 0 Å². The summed E-state index contributed by atoms with van der Waals surface area (Å²) in [4.78, 5) is 12.0. The number of hydrogen-bond donors (Lipinski definition) is 3. The molecule has 0 saturated carbocycles. The van der Waals surface area contributed by atoms with Gasteiger partial charge in [-0.25, -0.2) is 4.79 Å². The molecule has 0 aliphatic heterocycles. The van der Waals surface area contributed by atoms with Gasteiger partial charge in [0.25, 0.3) is 0 Å². The maximum absolute atomic E-state index is 12.0. The topological polar surface area (TPSA) is 87.4 Å². The van der Waals surface area contributed by atoms with E-state index in [-0.39, 0.29) is 12.0 Å². The smallest absolute Gasteiger partial charge is 0.319 e. The number of aryl methyl sites for hydroxylation is 2. The zero-order valence-electron chi connectivity index (χ0n) is 15.5. The van der Waals surface area contributed by atoms with Gasteiger partial charge < -0.3 is 20.3 Å². The van der Waals surface area contributed by atoms with Crippen molar-refractivity contribution in [2.24, 2.45) is 0 Å². The van der Waals surface area contributed by atoms with Crippen molar-refractivity contribution in [1.82, 2.24) is 10.5 Å². The van der Waals surface area contributed by atoms with E-state index in [1.807, 2.05) is 31.2 Å². The first-order valence-corrected chi connectivity index (χ1v) is 8.51. The van der Waals surface area contributed by atoms with Crippen molar-refractivity contribution in [3.8, 4) is 0 Å². The predicted molar refractivity (Wildman–Crippen MR) is 97.7 cm³/mol. The molecule has 0 fully saturated rings. The van der Waals surface area contributed by atoms with Crippen molar-refractivity contribution in [1.29, 1.82) is 0 Å². The summed E-state index contributed by atoms with van der Waals surface area (Å²) in [5.41, 5.74) is 3.25. The minimum absolute atomic E-state index is 0.0646. The van der Waals surface area contributed by atoms with Crippen LogP contribution < -0.4 is 10.6 Å². The van der Waals surface area contributed by atoms with Crippen molar-refractivity contribution in [3.05, 3.63) is 46.8 Å². The largest absolute Gasteiger partial charge is 0.387 e. The van der Waals surface area contributed by atoms with Crippen LogP contribution in [0, 0.1) is 6.92 Å². The van der Waals surface area contributed by atoms with Gasteiger partial charge in [-0.1, -0.05) is 57.1 Å². The molecule has 136 valence electrons. The molecular weight excluding hydrogens is 318 g/mol. The minimum Gasteiger partial charge on any atom is -0.387 e. The highest BCUT2D eigenvalue weighted by Gasteiger charge is 2.17. The van der Waals surface area contributed by atoms with E-state index in [1.165, 1.54) is 5.56 Å². The summed E-state index contributed by atoms with van der Waals surface area (Å²) < 4.78 is 5.14. The SMILES string of the molecule is CCc1onc(C)c1NC(=O)NCC(O)c1ccc(C(C)(C)C)cc1. The van der Waals surface area contributed by atoms with Crippen molar-refractivity contribution in [2.45, 2.75) is 52.6 Å². The highest BCUT2D eigenvalue weighted by Crippen LogP contribution is 2.24. The maximum Gasteiger partial charge on any atom is 0.319 e. The molecule has 6 nitrogen and oxygen atoms in total. The quantitative estimate of drug-likeness (QED) is 0.771. The molecule has 2 rings (SSSR count). The van der Waals surface area contributed by atoms with Crippen LogP contribution in [0.4, 0.5) is 10.5 Å². The van der Waals surface area contributed by atoms with Crippen LogP contribution in [0.15, 0.2) is 28.8 Å². The van der Waals surface area contributed by atoms with Gasteiger partial charge in [0.15, 0.2) is 5.76 Å². The van der Waals surface area contributed by atoms with Gasteiger partial charge in [-0.2, -0.15) is 0 Å². The van der Waals surface area contributed by atoms with Crippen LogP contribution in [0.25, 0.3) is 0 Å². The molecule has 25 heavy (non-hydrogen) atoms. The summed E-state index contributed by atoms with van der Waals surface area (Å²) in [6.45, 7) is 10.2. The zero-order chi connectivity index (χ0) is 18.6. The van der Waals surface area contributed by atoms with Crippen LogP contribution >= 0.6 is 0 Å². The van der Waals surface area contributed by atoms with Crippen LogP contribution in [0.1, 0.15) is 56.4 Å². The van der Waals surface area contributed by atoms with Gasteiger partial charge in [0.1, 0.15) is 11.4 Å². The van der Waals surface area contributed by atoms with Gasteiger partial charge >= 0.3 is 6.03 Å². The Kier molecular flexibility index (Phi) is 5.85. The number of nitrogens with one attached hydrogen (secondary N) is 2. The fraction of sp³-hybridized carbons (Fsp3) is 0.474. The van der Waals surface area contributed by atoms with Gasteiger partial charge in [0, 0.05) is 13.0 Å². The first-order valence-electron chi connectivity index (χ1n) is 8.51. The van der Waals surface area contributed by atoms with Gasteiger partial charge in [-0.3, -0.25) is 0 Å². The Morgan fingerprint density at radius 3 is 2.48 bits per heavy atom. The zero-order valence-corrected chi connectivity index (χ0v) is 15.5. The van der Waals surface area contributed by atoms with Crippen molar-refractivity contribution in [3.63, 3.8) is 0 Å². The molecule has 0 aliphatic rings. The Morgan fingerprint density at radius 1 is 1.28 bits per heavy atom. The van der Waals surface area contributed by atoms with Crippen LogP contribution in [0.5, 0.6) is 0 Å². The third kappa shape index (κ3) is 4.82. The lowest BCUT2D eigenvalue weighted by molar-refractivity contribution is 0.175. The third-order valence-corrected chi connectivity index (χ3v) is 4.11. The average Bonchev–Trinajstić information content (AvgIpc) is 2.92. The summed E-state index contributed by atoms with van der Waals surface area (Å²) in [6, 6.07) is 7.40. The number of aliphatic hydroxyl groups is 1. The number of amides is 2. The molecule has 1 aromatic heterocycles. The Bertz CT molecular complexity index is 715. The highest BCUT2D eigenvalue weighted by molar-refractivity contribution is 5.90. The molecule has 2 aromatic rings. The van der Waals surface area contributed by atoms with E-state index in [2.05, 4.69) is 36.6 Å². The van der Waals surface area contributed by atoms with Crippen LogP contribution in [0.3, 0.4) is 0 Å². The number of aliphatic hydroxyl groups excluding tert-OH is 1. The molecule has 0 radical (unpaired) electrons. The number of carbonyl (C=O) groups is 1. The van der Waals surface area contributed by atoms with Crippen LogP contribution in [-0.4, -0.2) is 22.8 Å². The summed E-state index contributed by atoms with van der Waals surface area (Å²) >= 11 is 0. The van der Waals surface area contributed by atoms with Crippen LogP contribution in [-0.2, 0) is 11.8 Å². The van der Waals surface area contributed by atoms with E-state index in [9.17, 15) is 9.90 Å². The summed E-state index contributed by atoms with van der Waals surface area (Å²) in [5.74, 6) is 0.631. The molecule has 1 heterocycles. The average molecular weight is 345 g/mol. The van der Waals surface area contributed by atoms with Gasteiger partial charge in [0.05, 0.1) is 6.10 Å². The highest BCUT2D eigenvalue weighted by atomic mass is 16.5. The molecule has 0 spiro atoms. The van der Waals surface area contributed by atoms with E-state index in [1.54, 1.807) is 6.92 Å². The first-order chi connectivity index (χ1) is 11.7. The molecule has 1 aromatic carbocycles. The van der Waals surface area contributed by atoms with Gasteiger partial charge in [-0.15, -0.1) is 0 Å². The summed E-state index contributed by atoms with van der Waals surface area (Å²) in [6.07, 6.45) is -0.131. The molecule has 1 atom stereocenters. The lowest BCUT2D eigenvalue weighted by Gasteiger charge is -2.20. The number of benzene rings is 1. The molecule has 1 unspecified atom stereocenters. The Labute approximate surface area is 148 Å². The number of aromatic nitrogens is 1.